The average Bonchev–Trinajstić information content (AvgIpc) is 3.04. The summed E-state index contributed by atoms with van der Waals surface area (Å²) in [5, 5.41) is 5.82. The molecular weight excluding hydrogens is 297 g/mol. The van der Waals surface area contributed by atoms with Crippen LogP contribution in [0.2, 0.25) is 0 Å². The Morgan fingerprint density at radius 3 is 2.57 bits per heavy atom. The van der Waals surface area contributed by atoms with Gasteiger partial charge in [0, 0.05) is 6.54 Å². The van der Waals surface area contributed by atoms with Crippen molar-refractivity contribution in [1.82, 2.24) is 21.7 Å². The standard InChI is InChI=1S/C16H18FN5O/c17-12-8-4-5-9-13(12)19-15-14(20-22-21-15)16(23)18-10-11-6-2-1-3-7-11/h1-9,14-15,19-22H,10H2,(H,18,23). The van der Waals surface area contributed by atoms with Gasteiger partial charge in [0.05, 0.1) is 5.69 Å². The van der Waals surface area contributed by atoms with E-state index < -0.39 is 12.2 Å². The normalized spacial score (nSPS) is 20.2. The summed E-state index contributed by atoms with van der Waals surface area (Å²) in [7, 11) is 0. The first kappa shape index (κ1) is 15.4. The second-order valence-electron chi connectivity index (χ2n) is 5.20. The first-order valence-electron chi connectivity index (χ1n) is 7.33. The van der Waals surface area contributed by atoms with Crippen molar-refractivity contribution in [3.63, 3.8) is 0 Å². The summed E-state index contributed by atoms with van der Waals surface area (Å²) in [5.74, 6) is -0.565. The number of carbonyl (C=O) groups is 1. The minimum absolute atomic E-state index is 0.194. The second-order valence-corrected chi connectivity index (χ2v) is 5.20. The van der Waals surface area contributed by atoms with Gasteiger partial charge in [-0.15, -0.1) is 0 Å². The average molecular weight is 315 g/mol. The predicted molar refractivity (Wildman–Crippen MR) is 85.3 cm³/mol. The highest BCUT2D eigenvalue weighted by molar-refractivity contribution is 5.83. The molecule has 2 aromatic rings. The predicted octanol–water partition coefficient (Wildman–Crippen LogP) is 0.861. The number of carbonyl (C=O) groups excluding carboxylic acids is 1. The highest BCUT2D eigenvalue weighted by Gasteiger charge is 2.32. The van der Waals surface area contributed by atoms with Gasteiger partial charge in [0.1, 0.15) is 18.0 Å². The third-order valence-corrected chi connectivity index (χ3v) is 3.57. The lowest BCUT2D eigenvalue weighted by molar-refractivity contribution is -0.123. The van der Waals surface area contributed by atoms with E-state index in [1.54, 1.807) is 18.2 Å². The summed E-state index contributed by atoms with van der Waals surface area (Å²) < 4.78 is 13.7. The smallest absolute Gasteiger partial charge is 0.242 e. The van der Waals surface area contributed by atoms with Crippen molar-refractivity contribution < 1.29 is 9.18 Å². The van der Waals surface area contributed by atoms with Crippen LogP contribution in [0.25, 0.3) is 0 Å². The Morgan fingerprint density at radius 1 is 1.04 bits per heavy atom. The maximum atomic E-state index is 13.7. The molecule has 7 heteroatoms. The Hall–Kier alpha value is -2.48. The first-order valence-corrected chi connectivity index (χ1v) is 7.33. The Morgan fingerprint density at radius 2 is 1.78 bits per heavy atom. The molecule has 3 rings (SSSR count). The van der Waals surface area contributed by atoms with Gasteiger partial charge in [0.2, 0.25) is 5.91 Å². The fourth-order valence-corrected chi connectivity index (χ4v) is 2.34. The van der Waals surface area contributed by atoms with Crippen LogP contribution in [-0.2, 0) is 11.3 Å². The number of para-hydroxylation sites is 1. The molecule has 0 radical (unpaired) electrons. The summed E-state index contributed by atoms with van der Waals surface area (Å²) in [5.41, 5.74) is 9.72. The van der Waals surface area contributed by atoms with Crippen molar-refractivity contribution in [2.24, 2.45) is 0 Å². The lowest BCUT2D eigenvalue weighted by atomic mass is 10.2. The van der Waals surface area contributed by atoms with Crippen LogP contribution in [0.4, 0.5) is 10.1 Å². The summed E-state index contributed by atoms with van der Waals surface area (Å²) in [6, 6.07) is 15.4. The summed E-state index contributed by atoms with van der Waals surface area (Å²) in [6.45, 7) is 0.435. The van der Waals surface area contributed by atoms with Gasteiger partial charge in [0.25, 0.3) is 0 Å². The molecule has 0 aliphatic carbocycles. The maximum absolute atomic E-state index is 13.7. The molecule has 120 valence electrons. The van der Waals surface area contributed by atoms with Crippen molar-refractivity contribution in [1.29, 1.82) is 0 Å². The molecule has 2 atom stereocenters. The quantitative estimate of drug-likeness (QED) is 0.566. The number of hydrogen-bond donors (Lipinski definition) is 5. The molecule has 1 aliphatic rings. The summed E-state index contributed by atoms with van der Waals surface area (Å²) in [6.07, 6.45) is -0.484. The topological polar surface area (TPSA) is 77.2 Å². The van der Waals surface area contributed by atoms with Gasteiger partial charge in [0.15, 0.2) is 0 Å². The van der Waals surface area contributed by atoms with Crippen LogP contribution in [0.5, 0.6) is 0 Å². The number of halogens is 1. The highest BCUT2D eigenvalue weighted by Crippen LogP contribution is 2.14. The van der Waals surface area contributed by atoms with Crippen LogP contribution in [0, 0.1) is 5.82 Å². The number of hydrazine groups is 2. The van der Waals surface area contributed by atoms with E-state index in [0.717, 1.165) is 5.56 Å². The largest absolute Gasteiger partial charge is 0.365 e. The minimum atomic E-state index is -0.585. The number of rotatable bonds is 5. The molecule has 0 saturated carbocycles. The van der Waals surface area contributed by atoms with E-state index in [0.29, 0.717) is 12.2 Å². The zero-order valence-electron chi connectivity index (χ0n) is 12.3. The van der Waals surface area contributed by atoms with Crippen LogP contribution in [0.1, 0.15) is 5.56 Å². The molecule has 1 fully saturated rings. The van der Waals surface area contributed by atoms with Crippen LogP contribution in [-0.4, -0.2) is 18.1 Å². The van der Waals surface area contributed by atoms with Gasteiger partial charge >= 0.3 is 0 Å². The molecule has 2 aromatic carbocycles. The Bertz CT molecular complexity index is 667. The minimum Gasteiger partial charge on any atom is -0.365 e. The number of nitrogens with one attached hydrogen (secondary N) is 5. The van der Waals surface area contributed by atoms with Gasteiger partial charge < -0.3 is 10.6 Å². The number of benzene rings is 2. The molecule has 1 saturated heterocycles. The molecule has 6 nitrogen and oxygen atoms in total. The van der Waals surface area contributed by atoms with E-state index in [4.69, 9.17) is 0 Å². The van der Waals surface area contributed by atoms with Crippen LogP contribution < -0.4 is 27.0 Å². The van der Waals surface area contributed by atoms with Gasteiger partial charge in [-0.05, 0) is 17.7 Å². The summed E-state index contributed by atoms with van der Waals surface area (Å²) in [4.78, 5) is 12.3. The second kappa shape index (κ2) is 7.19. The molecule has 2 unspecified atom stereocenters. The van der Waals surface area contributed by atoms with Crippen LogP contribution in [0.3, 0.4) is 0 Å². The summed E-state index contributed by atoms with van der Waals surface area (Å²) >= 11 is 0. The highest BCUT2D eigenvalue weighted by atomic mass is 19.1. The molecular formula is C16H18FN5O. The van der Waals surface area contributed by atoms with Gasteiger partial charge in [-0.2, -0.15) is 5.53 Å². The molecule has 1 heterocycles. The van der Waals surface area contributed by atoms with E-state index in [1.807, 2.05) is 30.3 Å². The van der Waals surface area contributed by atoms with Crippen molar-refractivity contribution >= 4 is 11.6 Å². The fraction of sp³-hybridized carbons (Fsp3) is 0.188. The monoisotopic (exact) mass is 315 g/mol. The SMILES string of the molecule is O=C(NCc1ccccc1)C1NNNC1Nc1ccccc1F. The Balaban J connectivity index is 1.60. The molecule has 1 amide bonds. The van der Waals surface area contributed by atoms with Gasteiger partial charge in [-0.3, -0.25) is 4.79 Å². The third-order valence-electron chi connectivity index (χ3n) is 3.57. The van der Waals surface area contributed by atoms with Crippen LogP contribution in [0.15, 0.2) is 54.6 Å². The zero-order valence-corrected chi connectivity index (χ0v) is 12.3. The van der Waals surface area contributed by atoms with Crippen molar-refractivity contribution in [3.05, 3.63) is 66.0 Å². The van der Waals surface area contributed by atoms with E-state index >= 15 is 0 Å². The number of anilines is 1. The zero-order chi connectivity index (χ0) is 16.1. The van der Waals surface area contributed by atoms with Gasteiger partial charge in [-0.25, -0.2) is 15.2 Å². The van der Waals surface area contributed by atoms with E-state index in [-0.39, 0.29) is 11.7 Å². The molecule has 23 heavy (non-hydrogen) atoms. The Labute approximate surface area is 133 Å². The molecule has 1 aliphatic heterocycles. The molecule has 0 aromatic heterocycles. The van der Waals surface area contributed by atoms with Gasteiger partial charge in [-0.1, -0.05) is 42.5 Å². The Kier molecular flexibility index (Phi) is 4.82. The fourth-order valence-electron chi connectivity index (χ4n) is 2.34. The lowest BCUT2D eigenvalue weighted by Crippen LogP contribution is -2.50. The van der Waals surface area contributed by atoms with E-state index in [1.165, 1.54) is 6.07 Å². The van der Waals surface area contributed by atoms with Crippen molar-refractivity contribution in [3.8, 4) is 0 Å². The number of amides is 1. The van der Waals surface area contributed by atoms with Crippen molar-refractivity contribution in [2.75, 3.05) is 5.32 Å². The first-order chi connectivity index (χ1) is 11.2. The lowest BCUT2D eigenvalue weighted by Gasteiger charge is -2.20. The molecule has 0 bridgehead atoms. The van der Waals surface area contributed by atoms with E-state index in [9.17, 15) is 9.18 Å². The number of hydrogen-bond acceptors (Lipinski definition) is 5. The molecule has 0 spiro atoms. The van der Waals surface area contributed by atoms with E-state index in [2.05, 4.69) is 27.0 Å². The third kappa shape index (κ3) is 3.84. The van der Waals surface area contributed by atoms with Crippen LogP contribution >= 0.6 is 0 Å². The maximum Gasteiger partial charge on any atom is 0.242 e. The van der Waals surface area contributed by atoms with Crippen molar-refractivity contribution in [2.45, 2.75) is 18.8 Å². The molecule has 5 N–H and O–H groups in total.